The van der Waals surface area contributed by atoms with E-state index in [0.717, 1.165) is 54.8 Å². The molecule has 3 aromatic rings. The standard InChI is InChI=1S/C24H31N7O2.ClH/c1-15-20-11-21(22(33-4)10-17(20)7-9-29(15)3)27-24-25-12-18-13-26-31(23(18)28-24)14-19-6-5-8-30(19)16(2)32;/h10-13,15,19H,5-9,14H2,1-4H3,(H,25,27,28);1H/t15-,19-;/m0./s1. The molecule has 4 heterocycles. The van der Waals surface area contributed by atoms with Crippen molar-refractivity contribution in [1.29, 1.82) is 0 Å². The molecule has 1 fully saturated rings. The Morgan fingerprint density at radius 3 is 2.85 bits per heavy atom. The minimum Gasteiger partial charge on any atom is -0.495 e. The molecule has 0 spiro atoms. The topological polar surface area (TPSA) is 88.4 Å². The van der Waals surface area contributed by atoms with Gasteiger partial charge in [0.25, 0.3) is 0 Å². The molecule has 2 aliphatic heterocycles. The normalized spacial score (nSPS) is 20.2. The number of methoxy groups -OCH3 is 1. The minimum atomic E-state index is 0. The number of ether oxygens (including phenoxy) is 1. The van der Waals surface area contributed by atoms with E-state index < -0.39 is 0 Å². The van der Waals surface area contributed by atoms with Crippen molar-refractivity contribution in [2.75, 3.05) is 32.6 Å². The van der Waals surface area contributed by atoms with Crippen LogP contribution in [0.4, 0.5) is 11.6 Å². The van der Waals surface area contributed by atoms with Crippen molar-refractivity contribution in [3.8, 4) is 5.75 Å². The molecule has 182 valence electrons. The zero-order valence-electron chi connectivity index (χ0n) is 20.1. The quantitative estimate of drug-likeness (QED) is 0.591. The maximum atomic E-state index is 12.0. The van der Waals surface area contributed by atoms with Crippen LogP contribution < -0.4 is 10.1 Å². The first-order valence-corrected chi connectivity index (χ1v) is 11.6. The van der Waals surface area contributed by atoms with Crippen LogP contribution in [0.2, 0.25) is 0 Å². The Bertz CT molecular complexity index is 1200. The minimum absolute atomic E-state index is 0. The lowest BCUT2D eigenvalue weighted by atomic mass is 9.93. The van der Waals surface area contributed by atoms with Crippen molar-refractivity contribution in [3.63, 3.8) is 0 Å². The molecule has 9 nitrogen and oxygen atoms in total. The van der Waals surface area contributed by atoms with Gasteiger partial charge in [-0.2, -0.15) is 10.1 Å². The Kier molecular flexibility index (Phi) is 6.95. The maximum absolute atomic E-state index is 12.0. The monoisotopic (exact) mass is 485 g/mol. The number of carbonyl (C=O) groups excluding carboxylic acids is 1. The Labute approximate surface area is 205 Å². The van der Waals surface area contributed by atoms with Crippen molar-refractivity contribution >= 4 is 41.0 Å². The number of likely N-dealkylation sites (tertiary alicyclic amines) is 1. The average Bonchev–Trinajstić information content (AvgIpc) is 3.44. The van der Waals surface area contributed by atoms with Gasteiger partial charge in [0.2, 0.25) is 11.9 Å². The number of anilines is 2. The lowest BCUT2D eigenvalue weighted by Crippen LogP contribution is -2.36. The van der Waals surface area contributed by atoms with E-state index in [-0.39, 0.29) is 24.4 Å². The molecular formula is C24H32ClN7O2. The fourth-order valence-corrected chi connectivity index (χ4v) is 5.06. The SMILES string of the molecule is COc1cc2c(cc1Nc1ncc3cnn(C[C@@H]4CCCN4C(C)=O)c3n1)[C@H](C)N(C)CC2.Cl. The first kappa shape index (κ1) is 24.2. The van der Waals surface area contributed by atoms with Gasteiger partial charge in [-0.1, -0.05) is 0 Å². The molecule has 34 heavy (non-hydrogen) atoms. The van der Waals surface area contributed by atoms with Crippen LogP contribution in [-0.4, -0.2) is 68.7 Å². The van der Waals surface area contributed by atoms with Crippen LogP contribution >= 0.6 is 12.4 Å². The number of likely N-dealkylation sites (N-methyl/N-ethyl adjacent to an activating group) is 1. The van der Waals surface area contributed by atoms with Gasteiger partial charge in [-0.15, -0.1) is 12.4 Å². The van der Waals surface area contributed by atoms with Gasteiger partial charge < -0.3 is 15.0 Å². The molecule has 0 bridgehead atoms. The summed E-state index contributed by atoms with van der Waals surface area (Å²) in [4.78, 5) is 25.5. The van der Waals surface area contributed by atoms with Gasteiger partial charge in [0.1, 0.15) is 5.75 Å². The highest BCUT2D eigenvalue weighted by molar-refractivity contribution is 5.85. The van der Waals surface area contributed by atoms with Crippen LogP contribution in [0.1, 0.15) is 43.9 Å². The smallest absolute Gasteiger partial charge is 0.229 e. The number of rotatable bonds is 5. The highest BCUT2D eigenvalue weighted by Crippen LogP contribution is 2.37. The third-order valence-corrected chi connectivity index (χ3v) is 7.09. The largest absolute Gasteiger partial charge is 0.495 e. The Balaban J connectivity index is 0.00000274. The summed E-state index contributed by atoms with van der Waals surface area (Å²) in [6.07, 6.45) is 6.58. The van der Waals surface area contributed by atoms with Crippen LogP contribution in [0.25, 0.3) is 11.0 Å². The van der Waals surface area contributed by atoms with Gasteiger partial charge in [0.05, 0.1) is 37.0 Å². The third-order valence-electron chi connectivity index (χ3n) is 7.09. The lowest BCUT2D eigenvalue weighted by molar-refractivity contribution is -0.129. The Hall–Kier alpha value is -2.91. The lowest BCUT2D eigenvalue weighted by Gasteiger charge is -2.32. The van der Waals surface area contributed by atoms with Crippen molar-refractivity contribution in [3.05, 3.63) is 35.7 Å². The highest BCUT2D eigenvalue weighted by atomic mass is 35.5. The molecule has 0 unspecified atom stereocenters. The fraction of sp³-hybridized carbons (Fsp3) is 0.500. The number of fused-ring (bicyclic) bond motifs is 2. The number of aromatic nitrogens is 4. The van der Waals surface area contributed by atoms with Gasteiger partial charge >= 0.3 is 0 Å². The number of nitrogens with one attached hydrogen (secondary N) is 1. The van der Waals surface area contributed by atoms with Gasteiger partial charge in [-0.05, 0) is 56.5 Å². The summed E-state index contributed by atoms with van der Waals surface area (Å²) in [5.41, 5.74) is 4.23. The van der Waals surface area contributed by atoms with Gasteiger partial charge in [-0.3, -0.25) is 9.69 Å². The second-order valence-electron chi connectivity index (χ2n) is 9.09. The molecule has 1 N–H and O–H groups in total. The molecule has 10 heteroatoms. The summed E-state index contributed by atoms with van der Waals surface area (Å²) in [5.74, 6) is 1.39. The second-order valence-corrected chi connectivity index (χ2v) is 9.09. The van der Waals surface area contributed by atoms with Crippen molar-refractivity contribution in [2.45, 2.75) is 51.7 Å². The van der Waals surface area contributed by atoms with E-state index in [1.807, 2.05) is 9.58 Å². The predicted octanol–water partition coefficient (Wildman–Crippen LogP) is 3.56. The Morgan fingerprint density at radius 2 is 2.09 bits per heavy atom. The van der Waals surface area contributed by atoms with Gasteiger partial charge in [0.15, 0.2) is 5.65 Å². The van der Waals surface area contributed by atoms with Crippen LogP contribution in [0.15, 0.2) is 24.5 Å². The number of benzene rings is 1. The summed E-state index contributed by atoms with van der Waals surface area (Å²) in [6.45, 7) is 6.34. The van der Waals surface area contributed by atoms with E-state index in [1.165, 1.54) is 11.1 Å². The molecule has 5 rings (SSSR count). The van der Waals surface area contributed by atoms with Crippen molar-refractivity contribution < 1.29 is 9.53 Å². The molecule has 1 amide bonds. The van der Waals surface area contributed by atoms with Crippen LogP contribution in [0, 0.1) is 0 Å². The van der Waals surface area contributed by atoms with E-state index in [9.17, 15) is 4.79 Å². The zero-order valence-corrected chi connectivity index (χ0v) is 20.9. The molecule has 0 aliphatic carbocycles. The molecule has 0 radical (unpaired) electrons. The summed E-state index contributed by atoms with van der Waals surface area (Å²) in [6, 6.07) is 4.76. The first-order valence-electron chi connectivity index (χ1n) is 11.6. The molecule has 2 aromatic heterocycles. The number of halogens is 1. The molecule has 1 saturated heterocycles. The van der Waals surface area contributed by atoms with E-state index in [0.29, 0.717) is 18.5 Å². The van der Waals surface area contributed by atoms with Crippen LogP contribution in [-0.2, 0) is 17.8 Å². The fourth-order valence-electron chi connectivity index (χ4n) is 5.06. The third kappa shape index (κ3) is 4.42. The van der Waals surface area contributed by atoms with Crippen LogP contribution in [0.3, 0.4) is 0 Å². The average molecular weight is 486 g/mol. The Morgan fingerprint density at radius 1 is 1.26 bits per heavy atom. The highest BCUT2D eigenvalue weighted by Gasteiger charge is 2.28. The number of amides is 1. The van der Waals surface area contributed by atoms with E-state index in [2.05, 4.69) is 46.4 Å². The first-order chi connectivity index (χ1) is 15.9. The number of hydrogen-bond donors (Lipinski definition) is 1. The van der Waals surface area contributed by atoms with Gasteiger partial charge in [0, 0.05) is 32.3 Å². The maximum Gasteiger partial charge on any atom is 0.229 e. The summed E-state index contributed by atoms with van der Waals surface area (Å²) < 4.78 is 7.56. The molecule has 2 aliphatic rings. The number of nitrogens with zero attached hydrogens (tertiary/aromatic N) is 6. The van der Waals surface area contributed by atoms with Crippen LogP contribution in [0.5, 0.6) is 5.75 Å². The summed E-state index contributed by atoms with van der Waals surface area (Å²) in [5, 5.41) is 8.77. The molecule has 0 saturated carbocycles. The van der Waals surface area contributed by atoms with Crippen molar-refractivity contribution in [1.82, 2.24) is 29.5 Å². The second kappa shape index (κ2) is 9.76. The summed E-state index contributed by atoms with van der Waals surface area (Å²) >= 11 is 0. The predicted molar refractivity (Wildman–Crippen MR) is 134 cm³/mol. The molecule has 1 aromatic carbocycles. The van der Waals surface area contributed by atoms with E-state index in [1.54, 1.807) is 26.4 Å². The van der Waals surface area contributed by atoms with E-state index in [4.69, 9.17) is 9.72 Å². The molecule has 2 atom stereocenters. The molecular weight excluding hydrogens is 454 g/mol. The number of carbonyl (C=O) groups is 1. The summed E-state index contributed by atoms with van der Waals surface area (Å²) in [7, 11) is 3.84. The van der Waals surface area contributed by atoms with Gasteiger partial charge in [-0.25, -0.2) is 9.67 Å². The van der Waals surface area contributed by atoms with Crippen molar-refractivity contribution in [2.24, 2.45) is 0 Å². The van der Waals surface area contributed by atoms with E-state index >= 15 is 0 Å². The number of hydrogen-bond acceptors (Lipinski definition) is 7. The zero-order chi connectivity index (χ0) is 23.1.